The zero-order chi connectivity index (χ0) is 8.81. The second-order valence-corrected chi connectivity index (χ2v) is 2.21. The Labute approximate surface area is 71.3 Å². The lowest BCUT2D eigenvalue weighted by molar-refractivity contribution is 0.344. The van der Waals surface area contributed by atoms with Crippen molar-refractivity contribution in [1.82, 2.24) is 0 Å². The van der Waals surface area contributed by atoms with Gasteiger partial charge in [0.15, 0.2) is 6.40 Å². The summed E-state index contributed by atoms with van der Waals surface area (Å²) >= 11 is 0. The lowest BCUT2D eigenvalue weighted by atomic mass is 10.3. The number of phenolic OH excluding ortho intramolecular Hbond substituents is 1. The molecule has 0 atom stereocenters. The van der Waals surface area contributed by atoms with Gasteiger partial charge in [-0.1, -0.05) is 6.07 Å². The molecule has 0 aliphatic carbocycles. The largest absolute Gasteiger partial charge is 0.508 e. The number of hydrogen-bond donors (Lipinski definition) is 1. The van der Waals surface area contributed by atoms with Gasteiger partial charge in [-0.15, -0.1) is 0 Å². The Hall–Kier alpha value is -1.51. The van der Waals surface area contributed by atoms with Gasteiger partial charge >= 0.3 is 0 Å². The second kappa shape index (κ2) is 4.38. The van der Waals surface area contributed by atoms with E-state index in [0.29, 0.717) is 12.3 Å². The maximum Gasteiger partial charge on any atom is 0.174 e. The topological polar surface area (TPSA) is 41.8 Å². The van der Waals surface area contributed by atoms with Crippen LogP contribution in [0.4, 0.5) is 5.69 Å². The van der Waals surface area contributed by atoms with Crippen LogP contribution in [0.2, 0.25) is 0 Å². The van der Waals surface area contributed by atoms with E-state index < -0.39 is 0 Å². The van der Waals surface area contributed by atoms with Gasteiger partial charge in [0.25, 0.3) is 0 Å². The normalized spacial score (nSPS) is 10.4. The summed E-state index contributed by atoms with van der Waals surface area (Å²) in [6, 6.07) is 6.68. The van der Waals surface area contributed by atoms with Crippen LogP contribution >= 0.6 is 0 Å². The summed E-state index contributed by atoms with van der Waals surface area (Å²) in [7, 11) is 0. The van der Waals surface area contributed by atoms with Gasteiger partial charge in [0.05, 0.1) is 12.3 Å². The van der Waals surface area contributed by atoms with E-state index in [-0.39, 0.29) is 5.75 Å². The SMILES string of the molecule is CCOC=Nc1cccc(O)c1. The highest BCUT2D eigenvalue weighted by Gasteiger charge is 1.88. The molecule has 0 fully saturated rings. The van der Waals surface area contributed by atoms with Gasteiger partial charge in [-0.3, -0.25) is 0 Å². The summed E-state index contributed by atoms with van der Waals surface area (Å²) < 4.78 is 4.90. The third-order valence-electron chi connectivity index (χ3n) is 1.27. The van der Waals surface area contributed by atoms with E-state index in [1.807, 2.05) is 6.92 Å². The summed E-state index contributed by atoms with van der Waals surface area (Å²) in [5.41, 5.74) is 0.684. The third kappa shape index (κ3) is 2.62. The van der Waals surface area contributed by atoms with Gasteiger partial charge in [-0.05, 0) is 19.1 Å². The Kier molecular flexibility index (Phi) is 3.14. The molecular formula is C9H11NO2. The van der Waals surface area contributed by atoms with Gasteiger partial charge in [0.2, 0.25) is 0 Å². The van der Waals surface area contributed by atoms with Crippen molar-refractivity contribution >= 4 is 12.1 Å². The van der Waals surface area contributed by atoms with Crippen LogP contribution in [-0.2, 0) is 4.74 Å². The van der Waals surface area contributed by atoms with Crippen molar-refractivity contribution in [2.24, 2.45) is 4.99 Å². The van der Waals surface area contributed by atoms with Gasteiger partial charge in [0, 0.05) is 6.07 Å². The molecule has 0 heterocycles. The van der Waals surface area contributed by atoms with E-state index in [4.69, 9.17) is 9.84 Å². The van der Waals surface area contributed by atoms with Crippen LogP contribution in [0, 0.1) is 0 Å². The highest BCUT2D eigenvalue weighted by atomic mass is 16.5. The van der Waals surface area contributed by atoms with Crippen molar-refractivity contribution in [1.29, 1.82) is 0 Å². The minimum Gasteiger partial charge on any atom is -0.508 e. The first-order valence-electron chi connectivity index (χ1n) is 3.76. The van der Waals surface area contributed by atoms with E-state index in [2.05, 4.69) is 4.99 Å². The summed E-state index contributed by atoms with van der Waals surface area (Å²) in [6.07, 6.45) is 1.37. The molecule has 3 heteroatoms. The number of aliphatic imine (C=N–C) groups is 1. The molecule has 0 saturated heterocycles. The molecule has 0 bridgehead atoms. The Morgan fingerprint density at radius 2 is 2.42 bits per heavy atom. The van der Waals surface area contributed by atoms with Crippen LogP contribution < -0.4 is 0 Å². The van der Waals surface area contributed by atoms with Crippen LogP contribution in [0.15, 0.2) is 29.3 Å². The fourth-order valence-corrected chi connectivity index (χ4v) is 0.746. The molecule has 0 amide bonds. The molecule has 0 aliphatic rings. The fourth-order valence-electron chi connectivity index (χ4n) is 0.746. The summed E-state index contributed by atoms with van der Waals surface area (Å²) in [5.74, 6) is 0.209. The molecule has 0 saturated carbocycles. The van der Waals surface area contributed by atoms with E-state index in [1.54, 1.807) is 24.3 Å². The Morgan fingerprint density at radius 3 is 3.08 bits per heavy atom. The van der Waals surface area contributed by atoms with Gasteiger partial charge in [-0.2, -0.15) is 0 Å². The molecule has 64 valence electrons. The zero-order valence-corrected chi connectivity index (χ0v) is 6.90. The maximum absolute atomic E-state index is 9.05. The lowest BCUT2D eigenvalue weighted by Crippen LogP contribution is -1.83. The van der Waals surface area contributed by atoms with Crippen LogP contribution in [0.25, 0.3) is 0 Å². The average molecular weight is 165 g/mol. The predicted octanol–water partition coefficient (Wildman–Crippen LogP) is 2.09. The molecule has 1 rings (SSSR count). The third-order valence-corrected chi connectivity index (χ3v) is 1.27. The maximum atomic E-state index is 9.05. The standard InChI is InChI=1S/C9H11NO2/c1-2-12-7-10-8-4-3-5-9(11)6-8/h3-7,11H,2H2,1H3. The fraction of sp³-hybridized carbons (Fsp3) is 0.222. The molecule has 0 aromatic heterocycles. The molecule has 0 aliphatic heterocycles. The smallest absolute Gasteiger partial charge is 0.174 e. The minimum absolute atomic E-state index is 0.209. The number of ether oxygens (including phenoxy) is 1. The molecule has 1 N–H and O–H groups in total. The molecule has 1 aromatic rings. The van der Waals surface area contributed by atoms with E-state index in [0.717, 1.165) is 0 Å². The molecule has 0 unspecified atom stereocenters. The predicted molar refractivity (Wildman–Crippen MR) is 47.9 cm³/mol. The van der Waals surface area contributed by atoms with Crippen LogP contribution in [0.5, 0.6) is 5.75 Å². The summed E-state index contributed by atoms with van der Waals surface area (Å²) in [5, 5.41) is 9.05. The average Bonchev–Trinajstić information content (AvgIpc) is 2.05. The van der Waals surface area contributed by atoms with Crippen LogP contribution in [0.3, 0.4) is 0 Å². The van der Waals surface area contributed by atoms with Gasteiger partial charge in [0.1, 0.15) is 5.75 Å². The molecule has 0 spiro atoms. The minimum atomic E-state index is 0.209. The first kappa shape index (κ1) is 8.59. The zero-order valence-electron chi connectivity index (χ0n) is 6.90. The van der Waals surface area contributed by atoms with Crippen molar-refractivity contribution in [2.45, 2.75) is 6.92 Å². The lowest BCUT2D eigenvalue weighted by Gasteiger charge is -1.94. The van der Waals surface area contributed by atoms with E-state index >= 15 is 0 Å². The number of rotatable bonds is 3. The van der Waals surface area contributed by atoms with E-state index in [9.17, 15) is 0 Å². The summed E-state index contributed by atoms with van der Waals surface area (Å²) in [6.45, 7) is 2.48. The molecule has 1 aromatic carbocycles. The first-order valence-corrected chi connectivity index (χ1v) is 3.76. The monoisotopic (exact) mass is 165 g/mol. The van der Waals surface area contributed by atoms with Crippen molar-refractivity contribution < 1.29 is 9.84 Å². The number of hydrogen-bond acceptors (Lipinski definition) is 3. The van der Waals surface area contributed by atoms with Crippen molar-refractivity contribution in [3.05, 3.63) is 24.3 Å². The molecule has 3 nitrogen and oxygen atoms in total. The van der Waals surface area contributed by atoms with Crippen molar-refractivity contribution in [2.75, 3.05) is 6.61 Å². The molecular weight excluding hydrogens is 154 g/mol. The highest BCUT2D eigenvalue weighted by molar-refractivity contribution is 5.56. The van der Waals surface area contributed by atoms with E-state index in [1.165, 1.54) is 6.40 Å². The number of phenols is 1. The highest BCUT2D eigenvalue weighted by Crippen LogP contribution is 2.17. The Morgan fingerprint density at radius 1 is 1.58 bits per heavy atom. The molecule has 0 radical (unpaired) electrons. The van der Waals surface area contributed by atoms with Crippen molar-refractivity contribution in [3.63, 3.8) is 0 Å². The Bertz CT molecular complexity index is 271. The summed E-state index contributed by atoms with van der Waals surface area (Å²) in [4.78, 5) is 3.95. The quantitative estimate of drug-likeness (QED) is 0.550. The second-order valence-electron chi connectivity index (χ2n) is 2.21. The van der Waals surface area contributed by atoms with Gasteiger partial charge in [-0.25, -0.2) is 4.99 Å². The molecule has 12 heavy (non-hydrogen) atoms. The number of nitrogens with zero attached hydrogens (tertiary/aromatic N) is 1. The van der Waals surface area contributed by atoms with Crippen molar-refractivity contribution in [3.8, 4) is 5.75 Å². The number of benzene rings is 1. The first-order chi connectivity index (χ1) is 5.83. The Balaban J connectivity index is 2.63. The van der Waals surface area contributed by atoms with Crippen LogP contribution in [0.1, 0.15) is 6.92 Å². The number of aromatic hydroxyl groups is 1. The van der Waals surface area contributed by atoms with Crippen LogP contribution in [-0.4, -0.2) is 18.1 Å². The van der Waals surface area contributed by atoms with Gasteiger partial charge < -0.3 is 9.84 Å².